The van der Waals surface area contributed by atoms with E-state index in [-0.39, 0.29) is 17.4 Å². The molecule has 4 fully saturated rings. The smallest absolute Gasteiger partial charge is 0.349 e. The molecule has 73 heavy (non-hydrogen) atoms. The number of hydrogen-bond donors (Lipinski definition) is 0. The van der Waals surface area contributed by atoms with Gasteiger partial charge in [-0.2, -0.15) is 0 Å². The van der Waals surface area contributed by atoms with E-state index < -0.39 is 81.3 Å². The fourth-order valence-electron chi connectivity index (χ4n) is 11.3. The summed E-state index contributed by atoms with van der Waals surface area (Å²) in [5.74, 6) is -12.1. The number of carbonyl (C=O) groups excluding carboxylic acids is 1. The first-order valence-corrected chi connectivity index (χ1v) is 26.3. The van der Waals surface area contributed by atoms with E-state index in [0.717, 1.165) is 124 Å². The van der Waals surface area contributed by atoms with Gasteiger partial charge in [-0.1, -0.05) is 85.0 Å². The van der Waals surface area contributed by atoms with Crippen molar-refractivity contribution >= 4 is 5.97 Å². The van der Waals surface area contributed by atoms with Gasteiger partial charge in [0.1, 0.15) is 34.4 Å². The van der Waals surface area contributed by atoms with Gasteiger partial charge < -0.3 is 14.2 Å². The van der Waals surface area contributed by atoms with E-state index >= 15 is 0 Å². The minimum atomic E-state index is -1.75. The third-order valence-corrected chi connectivity index (χ3v) is 15.6. The molecule has 0 spiro atoms. The molecule has 8 rings (SSSR count). The van der Waals surface area contributed by atoms with Crippen molar-refractivity contribution < 1.29 is 67.3 Å². The summed E-state index contributed by atoms with van der Waals surface area (Å²) in [5.41, 5.74) is -0.408. The van der Waals surface area contributed by atoms with Crippen molar-refractivity contribution in [1.29, 1.82) is 0 Å². The van der Waals surface area contributed by atoms with Crippen molar-refractivity contribution in [2.75, 3.05) is 13.2 Å². The van der Waals surface area contributed by atoms with Crippen LogP contribution in [0.4, 0.5) is 48.3 Å². The van der Waals surface area contributed by atoms with Crippen LogP contribution in [0.3, 0.4) is 0 Å². The normalized spacial score (nSPS) is 24.1. The van der Waals surface area contributed by atoms with Gasteiger partial charge in [0.05, 0.1) is 13.2 Å². The molecule has 4 aliphatic carbocycles. The average molecular weight is 1040 g/mol. The summed E-state index contributed by atoms with van der Waals surface area (Å²) in [6.07, 6.45) is 23.5. The average Bonchev–Trinajstić information content (AvgIpc) is 3.36. The van der Waals surface area contributed by atoms with Crippen LogP contribution < -0.4 is 14.2 Å². The Morgan fingerprint density at radius 3 is 1.16 bits per heavy atom. The predicted molar refractivity (Wildman–Crippen MR) is 258 cm³/mol. The molecule has 402 valence electrons. The molecule has 0 bridgehead atoms. The van der Waals surface area contributed by atoms with Crippen LogP contribution in [-0.2, 0) is 0 Å². The largest absolute Gasteiger partial charge is 0.493 e. The van der Waals surface area contributed by atoms with E-state index in [4.69, 9.17) is 9.47 Å². The van der Waals surface area contributed by atoms with E-state index in [9.17, 15) is 53.1 Å². The van der Waals surface area contributed by atoms with Crippen molar-refractivity contribution in [2.45, 2.75) is 155 Å². The van der Waals surface area contributed by atoms with Crippen LogP contribution in [0.5, 0.6) is 17.2 Å². The highest BCUT2D eigenvalue weighted by molar-refractivity contribution is 5.91. The number of carbonyl (C=O) groups is 1. The maximum atomic E-state index is 14.4. The summed E-state index contributed by atoms with van der Waals surface area (Å²) in [6, 6.07) is 6.69. The molecule has 4 nitrogen and oxygen atoms in total. The van der Waals surface area contributed by atoms with Gasteiger partial charge in [0.2, 0.25) is 0 Å². The standard InChI is InChI=1S/C23H23F5O3.C21H29F3.C14H17F3O/c1-2-3-13-4-6-14(7-5-13)12-30-15-8-17(24)21(18(25)9-15)23(29)31-16-10-19(26)22(28)20(27)11-16;1-2-3-14-4-6-15(7-5-14)16-8-10-17(11-9-16)18-12-19(22)21(24)20(23)13-18;1-9-2-4-10(5-3-9)8-18-11-6-12(15)14(17)13(16)7-11/h8-11,13-14H,2-7,12H2,1H3;12-17H,2-11H2,1H3;6-7,9-10H,2-5,8H2,1H3. The van der Waals surface area contributed by atoms with Crippen molar-refractivity contribution in [3.05, 3.63) is 124 Å². The fourth-order valence-corrected chi connectivity index (χ4v) is 11.3. The van der Waals surface area contributed by atoms with Crippen LogP contribution in [0.1, 0.15) is 171 Å². The molecule has 0 amide bonds. The summed E-state index contributed by atoms with van der Waals surface area (Å²) >= 11 is 0. The number of halogens is 11. The quantitative estimate of drug-likeness (QED) is 0.0546. The Morgan fingerprint density at radius 1 is 0.425 bits per heavy atom. The highest BCUT2D eigenvalue weighted by Gasteiger charge is 2.32. The Hall–Kier alpha value is -4.82. The van der Waals surface area contributed by atoms with E-state index in [1.807, 2.05) is 0 Å². The van der Waals surface area contributed by atoms with Crippen molar-refractivity contribution in [2.24, 2.45) is 41.4 Å². The molecule has 0 unspecified atom stereocenters. The van der Waals surface area contributed by atoms with E-state index in [1.54, 1.807) is 0 Å². The Balaban J connectivity index is 0.000000185. The first-order valence-electron chi connectivity index (χ1n) is 26.3. The highest BCUT2D eigenvalue weighted by atomic mass is 19.2. The monoisotopic (exact) mass is 1040 g/mol. The number of benzene rings is 4. The number of ether oxygens (including phenoxy) is 3. The Labute approximate surface area is 422 Å². The third-order valence-electron chi connectivity index (χ3n) is 15.6. The molecule has 0 atom stereocenters. The lowest BCUT2D eigenvalue weighted by molar-refractivity contribution is 0.0723. The molecule has 4 aromatic rings. The number of esters is 1. The second kappa shape index (κ2) is 27.6. The van der Waals surface area contributed by atoms with E-state index in [1.165, 1.54) is 69.9 Å². The number of rotatable bonds is 14. The van der Waals surface area contributed by atoms with Crippen molar-refractivity contribution in [3.8, 4) is 17.2 Å². The first kappa shape index (κ1) is 57.5. The molecule has 0 saturated heterocycles. The lowest BCUT2D eigenvalue weighted by atomic mass is 9.68. The lowest BCUT2D eigenvalue weighted by Crippen LogP contribution is -2.25. The summed E-state index contributed by atoms with van der Waals surface area (Å²) in [7, 11) is 0. The topological polar surface area (TPSA) is 44.8 Å². The molecule has 0 aromatic heterocycles. The third kappa shape index (κ3) is 16.6. The Morgan fingerprint density at radius 2 is 0.753 bits per heavy atom. The van der Waals surface area contributed by atoms with Crippen LogP contribution in [0.15, 0.2) is 48.5 Å². The second-order valence-corrected chi connectivity index (χ2v) is 21.0. The van der Waals surface area contributed by atoms with Gasteiger partial charge in [-0.3, -0.25) is 0 Å². The molecule has 15 heteroatoms. The zero-order valence-corrected chi connectivity index (χ0v) is 42.1. The maximum absolute atomic E-state index is 14.4. The van der Waals surface area contributed by atoms with Gasteiger partial charge in [0.15, 0.2) is 52.4 Å². The van der Waals surface area contributed by atoms with E-state index in [2.05, 4.69) is 25.5 Å². The first-order chi connectivity index (χ1) is 34.9. The van der Waals surface area contributed by atoms with Gasteiger partial charge in [-0.05, 0) is 129 Å². The molecule has 4 aliphatic rings. The summed E-state index contributed by atoms with van der Waals surface area (Å²) in [4.78, 5) is 12.1. The van der Waals surface area contributed by atoms with Gasteiger partial charge >= 0.3 is 5.97 Å². The molecule has 4 saturated carbocycles. The Kier molecular flexibility index (Phi) is 21.8. The van der Waals surface area contributed by atoms with Gasteiger partial charge in [-0.15, -0.1) is 0 Å². The van der Waals surface area contributed by atoms with Crippen molar-refractivity contribution in [1.82, 2.24) is 0 Å². The zero-order chi connectivity index (χ0) is 52.8. The number of hydrogen-bond acceptors (Lipinski definition) is 4. The summed E-state index contributed by atoms with van der Waals surface area (Å²) in [5, 5.41) is 0. The molecule has 4 aromatic carbocycles. The van der Waals surface area contributed by atoms with Crippen molar-refractivity contribution in [3.63, 3.8) is 0 Å². The fraction of sp³-hybridized carbons (Fsp3) is 0.569. The molecule has 0 N–H and O–H groups in total. The molecular weight excluding hydrogens is 970 g/mol. The summed E-state index contributed by atoms with van der Waals surface area (Å²) < 4.78 is 162. The van der Waals surface area contributed by atoms with Crippen LogP contribution >= 0.6 is 0 Å². The molecular formula is C58H69F11O4. The SMILES string of the molecule is CC1CCC(COc2cc(F)c(F)c(F)c2)CC1.CCCC1CCC(C2CCC(c3cc(F)c(F)c(F)c3)CC2)CC1.CCCC1CCC(COc2cc(F)c(C(=O)Oc3cc(F)c(F)c(F)c3)c(F)c2)CC1. The predicted octanol–water partition coefficient (Wildman–Crippen LogP) is 17.9. The van der Waals surface area contributed by atoms with Crippen LogP contribution in [0.25, 0.3) is 0 Å². The maximum Gasteiger partial charge on any atom is 0.349 e. The van der Waals surface area contributed by atoms with Gasteiger partial charge in [-0.25, -0.2) is 53.1 Å². The van der Waals surface area contributed by atoms with Crippen LogP contribution in [0.2, 0.25) is 0 Å². The van der Waals surface area contributed by atoms with Crippen LogP contribution in [-0.4, -0.2) is 19.2 Å². The van der Waals surface area contributed by atoms with Crippen LogP contribution in [0, 0.1) is 105 Å². The second-order valence-electron chi connectivity index (χ2n) is 21.0. The lowest BCUT2D eigenvalue weighted by Gasteiger charge is -2.38. The Bertz CT molecular complexity index is 2310. The van der Waals surface area contributed by atoms with Gasteiger partial charge in [0, 0.05) is 36.4 Å². The molecule has 0 aliphatic heterocycles. The molecule has 0 radical (unpaired) electrons. The molecule has 0 heterocycles. The minimum Gasteiger partial charge on any atom is -0.493 e. The highest BCUT2D eigenvalue weighted by Crippen LogP contribution is 2.45. The van der Waals surface area contributed by atoms with Gasteiger partial charge in [0.25, 0.3) is 0 Å². The van der Waals surface area contributed by atoms with E-state index in [0.29, 0.717) is 42.7 Å². The summed E-state index contributed by atoms with van der Waals surface area (Å²) in [6.45, 7) is 7.41. The zero-order valence-electron chi connectivity index (χ0n) is 42.1. The minimum absolute atomic E-state index is 0.0602.